The van der Waals surface area contributed by atoms with Crippen molar-refractivity contribution in [2.75, 3.05) is 31.6 Å². The van der Waals surface area contributed by atoms with Crippen molar-refractivity contribution in [3.63, 3.8) is 0 Å². The monoisotopic (exact) mass is 258 g/mol. The van der Waals surface area contributed by atoms with Crippen molar-refractivity contribution in [1.82, 2.24) is 10.3 Å². The van der Waals surface area contributed by atoms with Gasteiger partial charge in [0.2, 0.25) is 0 Å². The molecule has 102 valence electrons. The van der Waals surface area contributed by atoms with Crippen LogP contribution in [0.3, 0.4) is 0 Å². The highest BCUT2D eigenvalue weighted by Gasteiger charge is 2.21. The molecule has 1 saturated heterocycles. The van der Waals surface area contributed by atoms with Crippen molar-refractivity contribution in [1.29, 1.82) is 5.26 Å². The molecule has 1 aromatic heterocycles. The number of nitrogens with one attached hydrogen (secondary N) is 1. The van der Waals surface area contributed by atoms with E-state index in [0.29, 0.717) is 0 Å². The van der Waals surface area contributed by atoms with Crippen LogP contribution in [0.1, 0.15) is 29.8 Å². The first-order valence-corrected chi connectivity index (χ1v) is 6.93. The zero-order valence-electron chi connectivity index (χ0n) is 12.0. The van der Waals surface area contributed by atoms with E-state index >= 15 is 0 Å². The summed E-state index contributed by atoms with van der Waals surface area (Å²) in [6.45, 7) is 7.06. The number of aryl methyl sites for hydroxylation is 2. The van der Waals surface area contributed by atoms with E-state index in [1.807, 2.05) is 27.0 Å². The van der Waals surface area contributed by atoms with Gasteiger partial charge in [0, 0.05) is 18.8 Å². The minimum absolute atomic E-state index is 0.734. The zero-order valence-corrected chi connectivity index (χ0v) is 12.0. The van der Waals surface area contributed by atoms with Crippen LogP contribution >= 0.6 is 0 Å². The van der Waals surface area contributed by atoms with Gasteiger partial charge < -0.3 is 10.2 Å². The second kappa shape index (κ2) is 6.03. The number of anilines is 1. The molecule has 1 aliphatic heterocycles. The van der Waals surface area contributed by atoms with Gasteiger partial charge >= 0.3 is 0 Å². The lowest BCUT2D eigenvalue weighted by atomic mass is 9.96. The summed E-state index contributed by atoms with van der Waals surface area (Å²) in [7, 11) is 2.01. The summed E-state index contributed by atoms with van der Waals surface area (Å²) in [5.41, 5.74) is 3.63. The van der Waals surface area contributed by atoms with Crippen LogP contribution in [0.5, 0.6) is 0 Å². The highest BCUT2D eigenvalue weighted by Crippen LogP contribution is 2.27. The van der Waals surface area contributed by atoms with Crippen LogP contribution in [0.25, 0.3) is 0 Å². The fraction of sp³-hybridized carbons (Fsp3) is 0.600. The first kappa shape index (κ1) is 13.8. The number of nitrogens with zero attached hydrogens (tertiary/aromatic N) is 3. The molecule has 2 rings (SSSR count). The van der Waals surface area contributed by atoms with Gasteiger partial charge in [-0.3, -0.25) is 4.98 Å². The first-order valence-electron chi connectivity index (χ1n) is 6.93. The summed E-state index contributed by atoms with van der Waals surface area (Å²) in [5.74, 6) is 0.760. The molecule has 0 aliphatic carbocycles. The van der Waals surface area contributed by atoms with E-state index in [9.17, 15) is 5.26 Å². The van der Waals surface area contributed by atoms with Crippen molar-refractivity contribution in [2.24, 2.45) is 5.92 Å². The average molecular weight is 258 g/mol. The van der Waals surface area contributed by atoms with E-state index in [4.69, 9.17) is 0 Å². The molecule has 0 atom stereocenters. The predicted molar refractivity (Wildman–Crippen MR) is 77.3 cm³/mol. The maximum atomic E-state index is 9.33. The first-order chi connectivity index (χ1) is 9.15. The lowest BCUT2D eigenvalue weighted by Gasteiger charge is -2.34. The fourth-order valence-electron chi connectivity index (χ4n) is 2.86. The number of piperidine rings is 1. The Morgan fingerprint density at radius 2 is 2.11 bits per heavy atom. The molecule has 0 saturated carbocycles. The molecule has 0 bridgehead atoms. The lowest BCUT2D eigenvalue weighted by Crippen LogP contribution is -2.37. The maximum absolute atomic E-state index is 9.33. The van der Waals surface area contributed by atoms with E-state index in [1.54, 1.807) is 0 Å². The molecule has 0 radical (unpaired) electrons. The molecular weight excluding hydrogens is 236 g/mol. The quantitative estimate of drug-likeness (QED) is 0.901. The molecule has 4 nitrogen and oxygen atoms in total. The van der Waals surface area contributed by atoms with Gasteiger partial charge in [0.25, 0.3) is 0 Å². The van der Waals surface area contributed by atoms with E-state index in [1.165, 1.54) is 12.8 Å². The molecule has 0 unspecified atom stereocenters. The van der Waals surface area contributed by atoms with Gasteiger partial charge in [-0.25, -0.2) is 0 Å². The number of nitriles is 1. The molecule has 1 fully saturated rings. The van der Waals surface area contributed by atoms with Gasteiger partial charge in [0.05, 0.1) is 16.9 Å². The van der Waals surface area contributed by atoms with Crippen LogP contribution in [-0.2, 0) is 0 Å². The van der Waals surface area contributed by atoms with Gasteiger partial charge in [0.1, 0.15) is 6.07 Å². The van der Waals surface area contributed by atoms with Crippen LogP contribution in [0.2, 0.25) is 0 Å². The van der Waals surface area contributed by atoms with E-state index in [2.05, 4.69) is 21.3 Å². The van der Waals surface area contributed by atoms with Crippen molar-refractivity contribution >= 4 is 5.69 Å². The van der Waals surface area contributed by atoms with Crippen LogP contribution in [0.4, 0.5) is 5.69 Å². The molecular formula is C15H22N4. The summed E-state index contributed by atoms with van der Waals surface area (Å²) < 4.78 is 0. The summed E-state index contributed by atoms with van der Waals surface area (Å²) in [6.07, 6.45) is 2.37. The maximum Gasteiger partial charge on any atom is 0.103 e. The van der Waals surface area contributed by atoms with Crippen molar-refractivity contribution in [3.05, 3.63) is 23.0 Å². The molecule has 1 N–H and O–H groups in total. The third-order valence-corrected chi connectivity index (χ3v) is 3.87. The van der Waals surface area contributed by atoms with Gasteiger partial charge in [-0.15, -0.1) is 0 Å². The molecule has 0 spiro atoms. The summed E-state index contributed by atoms with van der Waals surface area (Å²) in [4.78, 5) is 6.72. The second-order valence-corrected chi connectivity index (χ2v) is 5.34. The highest BCUT2D eigenvalue weighted by atomic mass is 15.1. The molecule has 1 aromatic rings. The Hall–Kier alpha value is -1.60. The van der Waals surface area contributed by atoms with Crippen molar-refractivity contribution in [2.45, 2.75) is 26.7 Å². The minimum atomic E-state index is 0.734. The Kier molecular flexibility index (Phi) is 4.39. The predicted octanol–water partition coefficient (Wildman–Crippen LogP) is 2.01. The number of rotatable bonds is 3. The van der Waals surface area contributed by atoms with Crippen LogP contribution in [0.15, 0.2) is 6.07 Å². The molecule has 0 amide bonds. The zero-order chi connectivity index (χ0) is 13.8. The Balaban J connectivity index is 2.18. The SMILES string of the molecule is CNCC1CCN(c2cc(C)nc(C)c2C#N)CC1. The van der Waals surface area contributed by atoms with Crippen molar-refractivity contribution < 1.29 is 0 Å². The average Bonchev–Trinajstić information content (AvgIpc) is 2.39. The van der Waals surface area contributed by atoms with Crippen LogP contribution in [0, 0.1) is 31.1 Å². The fourth-order valence-corrected chi connectivity index (χ4v) is 2.86. The number of aromatic nitrogens is 1. The normalized spacial score (nSPS) is 16.4. The van der Waals surface area contributed by atoms with E-state index < -0.39 is 0 Å². The Morgan fingerprint density at radius 3 is 2.68 bits per heavy atom. The summed E-state index contributed by atoms with van der Waals surface area (Å²) in [6, 6.07) is 4.35. The largest absolute Gasteiger partial charge is 0.370 e. The number of hydrogen-bond donors (Lipinski definition) is 1. The Bertz CT molecular complexity index is 482. The number of hydrogen-bond acceptors (Lipinski definition) is 4. The standard InChI is InChI=1S/C15H22N4/c1-11-8-15(14(9-16)12(2)18-11)19-6-4-13(5-7-19)10-17-3/h8,13,17H,4-7,10H2,1-3H3. The molecule has 4 heteroatoms. The molecule has 0 aromatic carbocycles. The molecule has 1 aliphatic rings. The van der Waals surface area contributed by atoms with Crippen molar-refractivity contribution in [3.8, 4) is 6.07 Å². The smallest absolute Gasteiger partial charge is 0.103 e. The van der Waals surface area contributed by atoms with Crippen LogP contribution in [-0.4, -0.2) is 31.7 Å². The lowest BCUT2D eigenvalue weighted by molar-refractivity contribution is 0.393. The third kappa shape index (κ3) is 3.05. The third-order valence-electron chi connectivity index (χ3n) is 3.87. The minimum Gasteiger partial charge on any atom is -0.370 e. The molecule has 2 heterocycles. The van der Waals surface area contributed by atoms with Gasteiger partial charge in [-0.1, -0.05) is 0 Å². The van der Waals surface area contributed by atoms with E-state index in [0.717, 1.165) is 48.2 Å². The number of pyridine rings is 1. The van der Waals surface area contributed by atoms with Crippen LogP contribution < -0.4 is 10.2 Å². The van der Waals surface area contributed by atoms with Gasteiger partial charge in [-0.05, 0) is 52.3 Å². The second-order valence-electron chi connectivity index (χ2n) is 5.34. The Labute approximate surface area is 115 Å². The summed E-state index contributed by atoms with van der Waals surface area (Å²) in [5, 5.41) is 12.6. The van der Waals surface area contributed by atoms with E-state index in [-0.39, 0.29) is 0 Å². The topological polar surface area (TPSA) is 52.0 Å². The highest BCUT2D eigenvalue weighted by molar-refractivity contribution is 5.61. The van der Waals surface area contributed by atoms with Gasteiger partial charge in [0.15, 0.2) is 0 Å². The molecule has 19 heavy (non-hydrogen) atoms. The van der Waals surface area contributed by atoms with Gasteiger partial charge in [-0.2, -0.15) is 5.26 Å². The Morgan fingerprint density at radius 1 is 1.42 bits per heavy atom. The summed E-state index contributed by atoms with van der Waals surface area (Å²) >= 11 is 0.